The molecule has 0 bridgehead atoms. The molecule has 0 atom stereocenters. The molecule has 25 heavy (non-hydrogen) atoms. The fourth-order valence-corrected chi connectivity index (χ4v) is 5.08. The number of carbonyl (C=O) groups is 1. The zero-order valence-corrected chi connectivity index (χ0v) is 15.6. The van der Waals surface area contributed by atoms with Gasteiger partial charge in [0, 0.05) is 22.3 Å². The predicted molar refractivity (Wildman–Crippen MR) is 105 cm³/mol. The van der Waals surface area contributed by atoms with E-state index in [9.17, 15) is 9.90 Å². The fourth-order valence-electron chi connectivity index (χ4n) is 3.72. The predicted octanol–water partition coefficient (Wildman–Crippen LogP) is 4.54. The van der Waals surface area contributed by atoms with Gasteiger partial charge in [0.25, 0.3) is 0 Å². The Morgan fingerprint density at radius 1 is 1.04 bits per heavy atom. The first-order valence-electron chi connectivity index (χ1n) is 9.63. The average Bonchev–Trinajstić information content (AvgIpc) is 2.64. The van der Waals surface area contributed by atoms with Gasteiger partial charge in [-0.05, 0) is 56.2 Å². The number of benzene rings is 1. The van der Waals surface area contributed by atoms with E-state index < -0.39 is 0 Å². The van der Waals surface area contributed by atoms with Crippen LogP contribution in [0, 0.1) is 0 Å². The van der Waals surface area contributed by atoms with Crippen LogP contribution >= 0.6 is 11.8 Å². The highest BCUT2D eigenvalue weighted by Crippen LogP contribution is 2.35. The van der Waals surface area contributed by atoms with Crippen LogP contribution in [0.25, 0.3) is 6.08 Å². The molecule has 2 fully saturated rings. The molecule has 1 aromatic rings. The quantitative estimate of drug-likeness (QED) is 0.759. The minimum atomic E-state index is -0.188. The highest BCUT2D eigenvalue weighted by molar-refractivity contribution is 8.00. The Labute approximate surface area is 155 Å². The lowest BCUT2D eigenvalue weighted by atomic mass is 9.93. The highest BCUT2D eigenvalue weighted by Gasteiger charge is 2.20. The zero-order chi connectivity index (χ0) is 17.5. The molecule has 0 heterocycles. The molecule has 2 aliphatic carbocycles. The number of carbonyl (C=O) groups excluding carboxylic acids is 1. The Morgan fingerprint density at radius 2 is 1.76 bits per heavy atom. The van der Waals surface area contributed by atoms with E-state index >= 15 is 0 Å². The van der Waals surface area contributed by atoms with E-state index in [0.717, 1.165) is 31.2 Å². The van der Waals surface area contributed by atoms with Crippen molar-refractivity contribution in [1.82, 2.24) is 5.32 Å². The topological polar surface area (TPSA) is 49.3 Å². The summed E-state index contributed by atoms with van der Waals surface area (Å²) in [5.41, 5.74) is 1.13. The second kappa shape index (κ2) is 9.44. The maximum Gasteiger partial charge on any atom is 0.244 e. The largest absolute Gasteiger partial charge is 0.393 e. The number of hydrogen-bond donors (Lipinski definition) is 2. The lowest BCUT2D eigenvalue weighted by molar-refractivity contribution is -0.117. The summed E-state index contributed by atoms with van der Waals surface area (Å²) in [4.78, 5) is 13.5. The van der Waals surface area contributed by atoms with Crippen molar-refractivity contribution in [1.29, 1.82) is 0 Å². The third-order valence-electron chi connectivity index (χ3n) is 5.22. The SMILES string of the molecule is O=C(/C=C/c1ccccc1SC1CCCCC1)NC1CCC(O)CC1. The third kappa shape index (κ3) is 5.89. The molecule has 2 saturated carbocycles. The van der Waals surface area contributed by atoms with Gasteiger partial charge in [-0.3, -0.25) is 4.79 Å². The van der Waals surface area contributed by atoms with Gasteiger partial charge in [0.2, 0.25) is 5.91 Å². The molecule has 4 heteroatoms. The first kappa shape index (κ1) is 18.5. The molecular formula is C21H29NO2S. The average molecular weight is 360 g/mol. The summed E-state index contributed by atoms with van der Waals surface area (Å²) in [6.45, 7) is 0. The van der Waals surface area contributed by atoms with Crippen molar-refractivity contribution in [3.63, 3.8) is 0 Å². The Kier molecular flexibility index (Phi) is 7.00. The van der Waals surface area contributed by atoms with Crippen LogP contribution in [0.1, 0.15) is 63.4 Å². The molecule has 0 aromatic heterocycles. The smallest absolute Gasteiger partial charge is 0.244 e. The number of hydrogen-bond acceptors (Lipinski definition) is 3. The minimum absolute atomic E-state index is 0.0288. The van der Waals surface area contributed by atoms with Crippen molar-refractivity contribution in [3.05, 3.63) is 35.9 Å². The van der Waals surface area contributed by atoms with Crippen molar-refractivity contribution in [2.75, 3.05) is 0 Å². The normalized spacial score (nSPS) is 25.2. The van der Waals surface area contributed by atoms with Crippen LogP contribution in [-0.4, -0.2) is 28.4 Å². The van der Waals surface area contributed by atoms with E-state index in [-0.39, 0.29) is 18.1 Å². The lowest BCUT2D eigenvalue weighted by Crippen LogP contribution is -2.37. The van der Waals surface area contributed by atoms with Gasteiger partial charge in [-0.2, -0.15) is 0 Å². The van der Waals surface area contributed by atoms with Gasteiger partial charge >= 0.3 is 0 Å². The van der Waals surface area contributed by atoms with E-state index in [2.05, 4.69) is 23.5 Å². The molecule has 0 saturated heterocycles. The molecule has 136 valence electrons. The summed E-state index contributed by atoms with van der Waals surface area (Å²) in [6.07, 6.45) is 13.4. The summed E-state index contributed by atoms with van der Waals surface area (Å²) in [5.74, 6) is -0.0288. The van der Waals surface area contributed by atoms with Crippen LogP contribution in [0.5, 0.6) is 0 Å². The number of amides is 1. The van der Waals surface area contributed by atoms with E-state index in [1.165, 1.54) is 37.0 Å². The van der Waals surface area contributed by atoms with Gasteiger partial charge in [-0.1, -0.05) is 37.5 Å². The standard InChI is InChI=1S/C21H29NO2S/c23-18-13-11-17(12-14-18)22-21(24)15-10-16-6-4-5-9-20(16)25-19-7-2-1-3-8-19/h4-6,9-10,15,17-19,23H,1-3,7-8,11-14H2,(H,22,24)/b15-10+. The fraction of sp³-hybridized carbons (Fsp3) is 0.571. The minimum Gasteiger partial charge on any atom is -0.393 e. The van der Waals surface area contributed by atoms with Gasteiger partial charge in [-0.25, -0.2) is 0 Å². The molecule has 3 nitrogen and oxygen atoms in total. The van der Waals surface area contributed by atoms with Crippen molar-refractivity contribution in [2.45, 2.75) is 80.1 Å². The summed E-state index contributed by atoms with van der Waals surface area (Å²) in [7, 11) is 0. The highest BCUT2D eigenvalue weighted by atomic mass is 32.2. The first-order valence-corrected chi connectivity index (χ1v) is 10.5. The second-order valence-electron chi connectivity index (χ2n) is 7.26. The van der Waals surface area contributed by atoms with Gasteiger partial charge < -0.3 is 10.4 Å². The molecular weight excluding hydrogens is 330 g/mol. The van der Waals surface area contributed by atoms with Gasteiger partial charge in [0.15, 0.2) is 0 Å². The van der Waals surface area contributed by atoms with Crippen LogP contribution in [0.3, 0.4) is 0 Å². The second-order valence-corrected chi connectivity index (χ2v) is 8.61. The summed E-state index contributed by atoms with van der Waals surface area (Å²) < 4.78 is 0. The number of aliphatic hydroxyl groups excluding tert-OH is 1. The number of rotatable bonds is 5. The van der Waals surface area contributed by atoms with Crippen molar-refractivity contribution >= 4 is 23.7 Å². The molecule has 0 aliphatic heterocycles. The van der Waals surface area contributed by atoms with Crippen molar-refractivity contribution in [2.24, 2.45) is 0 Å². The third-order valence-corrected chi connectivity index (χ3v) is 6.65. The molecule has 2 aliphatic rings. The summed E-state index contributed by atoms with van der Waals surface area (Å²) >= 11 is 1.97. The Bertz CT molecular complexity index is 587. The number of thioether (sulfide) groups is 1. The molecule has 1 aromatic carbocycles. The van der Waals surface area contributed by atoms with Gasteiger partial charge in [-0.15, -0.1) is 11.8 Å². The van der Waals surface area contributed by atoms with E-state index in [0.29, 0.717) is 5.25 Å². The zero-order valence-electron chi connectivity index (χ0n) is 14.8. The Morgan fingerprint density at radius 3 is 2.52 bits per heavy atom. The molecule has 0 unspecified atom stereocenters. The van der Waals surface area contributed by atoms with Crippen LogP contribution in [0.15, 0.2) is 35.2 Å². The molecule has 3 rings (SSSR count). The molecule has 2 N–H and O–H groups in total. The number of aliphatic hydroxyl groups is 1. The molecule has 0 spiro atoms. The summed E-state index contributed by atoms with van der Waals surface area (Å²) in [5, 5.41) is 13.3. The van der Waals surface area contributed by atoms with Crippen LogP contribution in [0.2, 0.25) is 0 Å². The maximum absolute atomic E-state index is 12.2. The lowest BCUT2D eigenvalue weighted by Gasteiger charge is -2.25. The van der Waals surface area contributed by atoms with Crippen molar-refractivity contribution < 1.29 is 9.90 Å². The monoisotopic (exact) mass is 359 g/mol. The Balaban J connectivity index is 1.56. The molecule has 1 amide bonds. The molecule has 0 radical (unpaired) electrons. The maximum atomic E-state index is 12.2. The van der Waals surface area contributed by atoms with Crippen LogP contribution < -0.4 is 5.32 Å². The van der Waals surface area contributed by atoms with Gasteiger partial charge in [0.1, 0.15) is 0 Å². The van der Waals surface area contributed by atoms with E-state index in [1.807, 2.05) is 23.9 Å². The van der Waals surface area contributed by atoms with Crippen molar-refractivity contribution in [3.8, 4) is 0 Å². The first-order chi connectivity index (χ1) is 12.2. The van der Waals surface area contributed by atoms with E-state index in [4.69, 9.17) is 0 Å². The van der Waals surface area contributed by atoms with E-state index in [1.54, 1.807) is 6.08 Å². The Hall–Kier alpha value is -1.26. The summed E-state index contributed by atoms with van der Waals surface area (Å²) in [6, 6.07) is 8.57. The van der Waals surface area contributed by atoms with Crippen LogP contribution in [-0.2, 0) is 4.79 Å². The van der Waals surface area contributed by atoms with Crippen LogP contribution in [0.4, 0.5) is 0 Å². The number of nitrogens with one attached hydrogen (secondary N) is 1. The van der Waals surface area contributed by atoms with Gasteiger partial charge in [0.05, 0.1) is 6.10 Å².